The van der Waals surface area contributed by atoms with Gasteiger partial charge >= 0.3 is 0 Å². The molecule has 0 aliphatic carbocycles. The zero-order valence-corrected chi connectivity index (χ0v) is 12.6. The van der Waals surface area contributed by atoms with Crippen LogP contribution in [0.25, 0.3) is 0 Å². The molecule has 1 aliphatic heterocycles. The number of nitrogens with one attached hydrogen (secondary N) is 2. The van der Waals surface area contributed by atoms with E-state index in [-0.39, 0.29) is 5.54 Å². The van der Waals surface area contributed by atoms with Gasteiger partial charge in [0.1, 0.15) is 17.5 Å². The lowest BCUT2D eigenvalue weighted by Crippen LogP contribution is -2.57. The lowest BCUT2D eigenvalue weighted by atomic mass is 10.0. The van der Waals surface area contributed by atoms with Crippen LogP contribution in [-0.2, 0) is 0 Å². The van der Waals surface area contributed by atoms with E-state index in [1.165, 1.54) is 0 Å². The zero-order chi connectivity index (χ0) is 14.0. The molecule has 0 unspecified atom stereocenters. The van der Waals surface area contributed by atoms with E-state index in [0.29, 0.717) is 6.04 Å². The standard InChI is InChI=1S/C14H25N5/c1-10(2)16-12-8-13(18-11(3)17-12)19-7-6-15-14(4,5)9-19/h8,10,15H,6-7,9H2,1-5H3,(H,16,17,18). The first-order valence-electron chi connectivity index (χ1n) is 6.98. The third kappa shape index (κ3) is 3.80. The van der Waals surface area contributed by atoms with Gasteiger partial charge in [0.15, 0.2) is 0 Å². The Hall–Kier alpha value is -1.36. The van der Waals surface area contributed by atoms with E-state index in [4.69, 9.17) is 0 Å². The van der Waals surface area contributed by atoms with Gasteiger partial charge in [0.2, 0.25) is 0 Å². The summed E-state index contributed by atoms with van der Waals surface area (Å²) in [5, 5.41) is 6.87. The summed E-state index contributed by atoms with van der Waals surface area (Å²) in [6.07, 6.45) is 0. The lowest BCUT2D eigenvalue weighted by molar-refractivity contribution is 0.351. The molecule has 2 heterocycles. The summed E-state index contributed by atoms with van der Waals surface area (Å²) in [5.41, 5.74) is 0.128. The largest absolute Gasteiger partial charge is 0.368 e. The van der Waals surface area contributed by atoms with Gasteiger partial charge in [-0.05, 0) is 34.6 Å². The number of aryl methyl sites for hydroxylation is 1. The molecule has 0 spiro atoms. The number of hydrogen-bond donors (Lipinski definition) is 2. The molecule has 1 saturated heterocycles. The van der Waals surface area contributed by atoms with Gasteiger partial charge in [0.25, 0.3) is 0 Å². The van der Waals surface area contributed by atoms with Crippen molar-refractivity contribution in [1.29, 1.82) is 0 Å². The van der Waals surface area contributed by atoms with Crippen molar-refractivity contribution in [1.82, 2.24) is 15.3 Å². The summed E-state index contributed by atoms with van der Waals surface area (Å²) in [7, 11) is 0. The minimum absolute atomic E-state index is 0.128. The molecular weight excluding hydrogens is 238 g/mol. The summed E-state index contributed by atoms with van der Waals surface area (Å²) in [6.45, 7) is 13.6. The Morgan fingerprint density at radius 1 is 1.37 bits per heavy atom. The number of hydrogen-bond acceptors (Lipinski definition) is 5. The molecule has 1 aliphatic rings. The summed E-state index contributed by atoms with van der Waals surface area (Å²) < 4.78 is 0. The van der Waals surface area contributed by atoms with Crippen LogP contribution in [0, 0.1) is 6.92 Å². The van der Waals surface area contributed by atoms with Crippen LogP contribution < -0.4 is 15.5 Å². The van der Waals surface area contributed by atoms with Crippen molar-refractivity contribution in [2.75, 3.05) is 29.9 Å². The second-order valence-electron chi connectivity index (χ2n) is 6.19. The van der Waals surface area contributed by atoms with Gasteiger partial charge in [0, 0.05) is 37.3 Å². The molecule has 2 N–H and O–H groups in total. The highest BCUT2D eigenvalue weighted by Crippen LogP contribution is 2.20. The Morgan fingerprint density at radius 3 is 2.74 bits per heavy atom. The Bertz CT molecular complexity index is 441. The minimum Gasteiger partial charge on any atom is -0.368 e. The monoisotopic (exact) mass is 263 g/mol. The molecule has 1 aromatic heterocycles. The van der Waals surface area contributed by atoms with Crippen LogP contribution >= 0.6 is 0 Å². The fourth-order valence-corrected chi connectivity index (χ4v) is 2.42. The van der Waals surface area contributed by atoms with Crippen molar-refractivity contribution in [2.45, 2.75) is 46.2 Å². The van der Waals surface area contributed by atoms with E-state index in [1.54, 1.807) is 0 Å². The molecule has 0 radical (unpaired) electrons. The van der Waals surface area contributed by atoms with E-state index in [0.717, 1.165) is 37.1 Å². The van der Waals surface area contributed by atoms with Crippen LogP contribution in [0.3, 0.4) is 0 Å². The predicted molar refractivity (Wildman–Crippen MR) is 79.8 cm³/mol. The molecule has 1 aromatic rings. The van der Waals surface area contributed by atoms with Gasteiger partial charge in [-0.3, -0.25) is 0 Å². The van der Waals surface area contributed by atoms with Crippen molar-refractivity contribution >= 4 is 11.6 Å². The highest BCUT2D eigenvalue weighted by atomic mass is 15.3. The maximum Gasteiger partial charge on any atom is 0.134 e. The van der Waals surface area contributed by atoms with Crippen LogP contribution in [0.1, 0.15) is 33.5 Å². The van der Waals surface area contributed by atoms with Crippen LogP contribution in [0.4, 0.5) is 11.6 Å². The molecule has 0 atom stereocenters. The zero-order valence-electron chi connectivity index (χ0n) is 12.6. The molecule has 5 heteroatoms. The first kappa shape index (κ1) is 14.1. The highest BCUT2D eigenvalue weighted by molar-refractivity contribution is 5.50. The Kier molecular flexibility index (Phi) is 3.94. The van der Waals surface area contributed by atoms with Gasteiger partial charge in [-0.1, -0.05) is 0 Å². The second kappa shape index (κ2) is 5.33. The summed E-state index contributed by atoms with van der Waals surface area (Å²) >= 11 is 0. The van der Waals surface area contributed by atoms with Gasteiger partial charge in [-0.2, -0.15) is 0 Å². The van der Waals surface area contributed by atoms with Gasteiger partial charge in [0.05, 0.1) is 0 Å². The molecule has 1 fully saturated rings. The normalized spacial score (nSPS) is 18.7. The number of aromatic nitrogens is 2. The van der Waals surface area contributed by atoms with E-state index in [1.807, 2.05) is 6.92 Å². The third-order valence-corrected chi connectivity index (χ3v) is 3.16. The fraction of sp³-hybridized carbons (Fsp3) is 0.714. The highest BCUT2D eigenvalue weighted by Gasteiger charge is 2.26. The smallest absolute Gasteiger partial charge is 0.134 e. The number of rotatable bonds is 3. The summed E-state index contributed by atoms with van der Waals surface area (Å²) in [4.78, 5) is 11.3. The van der Waals surface area contributed by atoms with E-state index >= 15 is 0 Å². The van der Waals surface area contributed by atoms with Crippen LogP contribution in [0.5, 0.6) is 0 Å². The Morgan fingerprint density at radius 2 is 2.11 bits per heavy atom. The van der Waals surface area contributed by atoms with Crippen LogP contribution in [0.15, 0.2) is 6.07 Å². The molecule has 0 bridgehead atoms. The van der Waals surface area contributed by atoms with Crippen molar-refractivity contribution in [3.63, 3.8) is 0 Å². The average Bonchev–Trinajstić information content (AvgIpc) is 2.25. The lowest BCUT2D eigenvalue weighted by Gasteiger charge is -2.39. The van der Waals surface area contributed by atoms with Gasteiger partial charge < -0.3 is 15.5 Å². The Balaban J connectivity index is 2.21. The van der Waals surface area contributed by atoms with Crippen molar-refractivity contribution in [2.24, 2.45) is 0 Å². The van der Waals surface area contributed by atoms with E-state index in [9.17, 15) is 0 Å². The van der Waals surface area contributed by atoms with Crippen molar-refractivity contribution in [3.8, 4) is 0 Å². The Labute approximate surface area is 115 Å². The quantitative estimate of drug-likeness (QED) is 0.871. The minimum atomic E-state index is 0.128. The van der Waals surface area contributed by atoms with Crippen LogP contribution in [-0.4, -0.2) is 41.2 Å². The molecule has 19 heavy (non-hydrogen) atoms. The maximum absolute atomic E-state index is 4.58. The number of piperazine rings is 1. The maximum atomic E-state index is 4.58. The van der Waals surface area contributed by atoms with E-state index < -0.39 is 0 Å². The van der Waals surface area contributed by atoms with Crippen LogP contribution in [0.2, 0.25) is 0 Å². The molecule has 5 nitrogen and oxygen atoms in total. The topological polar surface area (TPSA) is 53.1 Å². The summed E-state index contributed by atoms with van der Waals surface area (Å²) in [5.74, 6) is 2.75. The fourth-order valence-electron chi connectivity index (χ4n) is 2.42. The first-order chi connectivity index (χ1) is 8.85. The molecule has 0 saturated carbocycles. The van der Waals surface area contributed by atoms with E-state index in [2.05, 4.69) is 59.3 Å². The predicted octanol–water partition coefficient (Wildman–Crippen LogP) is 1.79. The third-order valence-electron chi connectivity index (χ3n) is 3.16. The average molecular weight is 263 g/mol. The van der Waals surface area contributed by atoms with Crippen molar-refractivity contribution in [3.05, 3.63) is 11.9 Å². The van der Waals surface area contributed by atoms with Crippen molar-refractivity contribution < 1.29 is 0 Å². The number of anilines is 2. The van der Waals surface area contributed by atoms with Gasteiger partial charge in [-0.25, -0.2) is 9.97 Å². The molecule has 0 amide bonds. The molecular formula is C14H25N5. The summed E-state index contributed by atoms with van der Waals surface area (Å²) in [6, 6.07) is 2.43. The number of nitrogens with zero attached hydrogens (tertiary/aromatic N) is 3. The molecule has 2 rings (SSSR count). The van der Waals surface area contributed by atoms with Gasteiger partial charge in [-0.15, -0.1) is 0 Å². The SMILES string of the molecule is Cc1nc(NC(C)C)cc(N2CCNC(C)(C)C2)n1. The molecule has 0 aromatic carbocycles. The first-order valence-corrected chi connectivity index (χ1v) is 6.98. The second-order valence-corrected chi connectivity index (χ2v) is 6.19. The molecule has 106 valence electrons.